The molecule has 2 aromatic heterocycles. The second kappa shape index (κ2) is 7.40. The summed E-state index contributed by atoms with van der Waals surface area (Å²) in [5, 5.41) is 3.44. The highest BCUT2D eigenvalue weighted by molar-refractivity contribution is 6.29. The van der Waals surface area contributed by atoms with Crippen LogP contribution in [0.5, 0.6) is 0 Å². The van der Waals surface area contributed by atoms with E-state index in [0.29, 0.717) is 35.8 Å². The van der Waals surface area contributed by atoms with Gasteiger partial charge >= 0.3 is 6.18 Å². The van der Waals surface area contributed by atoms with E-state index in [2.05, 4.69) is 29.1 Å². The summed E-state index contributed by atoms with van der Waals surface area (Å²) in [7, 11) is 0. The minimum Gasteiger partial charge on any atom is -0.325 e. The molecule has 2 aromatic rings. The van der Waals surface area contributed by atoms with Crippen molar-refractivity contribution in [1.29, 1.82) is 0 Å². The normalized spacial score (nSPS) is 16.0. The third-order valence-electron chi connectivity index (χ3n) is 4.35. The molecule has 8 heteroatoms. The van der Waals surface area contributed by atoms with Gasteiger partial charge in [-0.15, -0.1) is 0 Å². The number of pyridine rings is 2. The van der Waals surface area contributed by atoms with Crippen LogP contribution in [0.1, 0.15) is 36.8 Å². The molecule has 26 heavy (non-hydrogen) atoms. The third-order valence-corrected chi connectivity index (χ3v) is 4.55. The van der Waals surface area contributed by atoms with Gasteiger partial charge in [-0.1, -0.05) is 25.4 Å². The predicted molar refractivity (Wildman–Crippen MR) is 96.1 cm³/mol. The van der Waals surface area contributed by atoms with Gasteiger partial charge < -0.3 is 5.32 Å². The number of halogens is 4. The first-order valence-electron chi connectivity index (χ1n) is 8.39. The highest BCUT2D eigenvalue weighted by atomic mass is 35.5. The zero-order valence-electron chi connectivity index (χ0n) is 14.5. The highest BCUT2D eigenvalue weighted by Gasteiger charge is 2.37. The van der Waals surface area contributed by atoms with Gasteiger partial charge in [-0.2, -0.15) is 13.2 Å². The van der Waals surface area contributed by atoms with Crippen LogP contribution in [0.3, 0.4) is 0 Å². The average molecular weight is 385 g/mol. The van der Waals surface area contributed by atoms with E-state index in [9.17, 15) is 13.2 Å². The van der Waals surface area contributed by atoms with Gasteiger partial charge in [0.15, 0.2) is 0 Å². The van der Waals surface area contributed by atoms with Crippen molar-refractivity contribution in [3.63, 3.8) is 0 Å². The second-order valence-corrected chi connectivity index (χ2v) is 7.26. The molecule has 4 nitrogen and oxygen atoms in total. The van der Waals surface area contributed by atoms with Gasteiger partial charge in [0.05, 0.1) is 6.54 Å². The minimum absolute atomic E-state index is 0.0216. The average Bonchev–Trinajstić information content (AvgIpc) is 2.49. The van der Waals surface area contributed by atoms with Crippen LogP contribution in [0, 0.1) is 0 Å². The maximum Gasteiger partial charge on any atom is 0.401 e. The highest BCUT2D eigenvalue weighted by Crippen LogP contribution is 2.32. The Morgan fingerprint density at radius 1 is 1.23 bits per heavy atom. The van der Waals surface area contributed by atoms with Crippen LogP contribution in [0.4, 0.5) is 24.8 Å². The fraction of sp³-hybridized carbons (Fsp3) is 0.444. The van der Waals surface area contributed by atoms with E-state index in [1.54, 1.807) is 12.3 Å². The van der Waals surface area contributed by atoms with Crippen LogP contribution < -0.4 is 5.32 Å². The Hall–Kier alpha value is -1.86. The van der Waals surface area contributed by atoms with Gasteiger partial charge in [0, 0.05) is 25.2 Å². The molecule has 3 heterocycles. The fourth-order valence-electron chi connectivity index (χ4n) is 2.99. The first-order chi connectivity index (χ1) is 12.2. The number of aromatic nitrogens is 2. The molecule has 0 bridgehead atoms. The van der Waals surface area contributed by atoms with E-state index >= 15 is 0 Å². The Morgan fingerprint density at radius 3 is 2.62 bits per heavy atom. The summed E-state index contributed by atoms with van der Waals surface area (Å²) in [6, 6.07) is 7.43. The Balaban J connectivity index is 1.70. The molecule has 1 fully saturated rings. The molecule has 1 aliphatic heterocycles. The van der Waals surface area contributed by atoms with Crippen molar-refractivity contribution < 1.29 is 13.2 Å². The maximum atomic E-state index is 12.4. The van der Waals surface area contributed by atoms with E-state index in [1.807, 2.05) is 18.2 Å². The van der Waals surface area contributed by atoms with Gasteiger partial charge in [0.25, 0.3) is 0 Å². The third kappa shape index (κ3) is 4.86. The zero-order valence-corrected chi connectivity index (χ0v) is 15.3. The van der Waals surface area contributed by atoms with Crippen molar-refractivity contribution >= 4 is 23.2 Å². The van der Waals surface area contributed by atoms with Gasteiger partial charge in [0.2, 0.25) is 0 Å². The quantitative estimate of drug-likeness (QED) is 0.740. The summed E-state index contributed by atoms with van der Waals surface area (Å²) < 4.78 is 37.3. The number of anilines is 2. The number of alkyl halides is 3. The van der Waals surface area contributed by atoms with Crippen molar-refractivity contribution in [2.24, 2.45) is 0 Å². The number of rotatable bonds is 5. The second-order valence-electron chi connectivity index (χ2n) is 6.87. The number of nitrogens with one attached hydrogen (secondary N) is 1. The lowest BCUT2D eigenvalue weighted by Gasteiger charge is -2.39. The number of hydrogen-bond acceptors (Lipinski definition) is 4. The van der Waals surface area contributed by atoms with Crippen molar-refractivity contribution in [2.45, 2.75) is 31.9 Å². The van der Waals surface area contributed by atoms with Crippen LogP contribution >= 0.6 is 11.6 Å². The van der Waals surface area contributed by atoms with Crippen LogP contribution in [-0.4, -0.2) is 40.7 Å². The van der Waals surface area contributed by atoms with E-state index in [-0.39, 0.29) is 5.92 Å². The molecule has 1 aliphatic rings. The first-order valence-corrected chi connectivity index (χ1v) is 8.77. The predicted octanol–water partition coefficient (Wildman–Crippen LogP) is 4.96. The molecule has 0 amide bonds. The van der Waals surface area contributed by atoms with Crippen molar-refractivity contribution in [3.05, 3.63) is 46.7 Å². The van der Waals surface area contributed by atoms with Crippen molar-refractivity contribution in [1.82, 2.24) is 14.9 Å². The SMILES string of the molecule is CC(C)c1ccnc(Nc2cc(C3CN(CC(F)(F)F)C3)cc(Cl)n2)c1. The van der Waals surface area contributed by atoms with Crippen LogP contribution in [0.25, 0.3) is 0 Å². The van der Waals surface area contributed by atoms with Crippen LogP contribution in [0.2, 0.25) is 5.15 Å². The number of nitrogens with zero attached hydrogens (tertiary/aromatic N) is 3. The molecule has 0 atom stereocenters. The summed E-state index contributed by atoms with van der Waals surface area (Å²) in [4.78, 5) is 9.90. The van der Waals surface area contributed by atoms with Gasteiger partial charge in [-0.05, 0) is 41.3 Å². The summed E-state index contributed by atoms with van der Waals surface area (Å²) in [5.41, 5.74) is 2.03. The molecule has 0 aromatic carbocycles. The zero-order chi connectivity index (χ0) is 18.9. The molecule has 3 rings (SSSR count). The lowest BCUT2D eigenvalue weighted by molar-refractivity contribution is -0.154. The first kappa shape index (κ1) is 18.9. The molecule has 1 saturated heterocycles. The standard InChI is InChI=1S/C18H20ClF3N4/c1-11(2)12-3-4-23-16(6-12)25-17-7-13(5-15(19)24-17)14-8-26(9-14)10-18(20,21)22/h3-7,11,14H,8-10H2,1-2H3,(H,23,24,25). The van der Waals surface area contributed by atoms with Crippen molar-refractivity contribution in [3.8, 4) is 0 Å². The summed E-state index contributed by atoms with van der Waals surface area (Å²) in [6.45, 7) is 4.04. The smallest absolute Gasteiger partial charge is 0.325 e. The Labute approximate surface area is 155 Å². The number of likely N-dealkylation sites (tertiary alicyclic amines) is 1. The largest absolute Gasteiger partial charge is 0.401 e. The van der Waals surface area contributed by atoms with E-state index in [1.165, 1.54) is 4.90 Å². The minimum atomic E-state index is -4.17. The maximum absolute atomic E-state index is 12.4. The van der Waals surface area contributed by atoms with Crippen molar-refractivity contribution in [2.75, 3.05) is 25.0 Å². The summed E-state index contributed by atoms with van der Waals surface area (Å²) in [6.07, 6.45) is -2.44. The van der Waals surface area contributed by atoms with E-state index in [0.717, 1.165) is 11.1 Å². The van der Waals surface area contributed by atoms with E-state index < -0.39 is 12.7 Å². The van der Waals surface area contributed by atoms with E-state index in [4.69, 9.17) is 11.6 Å². The molecule has 0 unspecified atom stereocenters. The molecule has 0 saturated carbocycles. The Bertz CT molecular complexity index is 773. The molecular weight excluding hydrogens is 365 g/mol. The van der Waals surface area contributed by atoms with Gasteiger partial charge in [-0.3, -0.25) is 4.90 Å². The summed E-state index contributed by atoms with van der Waals surface area (Å²) >= 11 is 6.10. The Kier molecular flexibility index (Phi) is 5.39. The van der Waals surface area contributed by atoms with Gasteiger partial charge in [-0.25, -0.2) is 9.97 Å². The molecule has 0 spiro atoms. The Morgan fingerprint density at radius 2 is 1.96 bits per heavy atom. The lowest BCUT2D eigenvalue weighted by atomic mass is 9.92. The van der Waals surface area contributed by atoms with Crippen LogP contribution in [0.15, 0.2) is 30.5 Å². The van der Waals surface area contributed by atoms with Crippen LogP contribution in [-0.2, 0) is 0 Å². The monoisotopic (exact) mass is 384 g/mol. The molecule has 0 aliphatic carbocycles. The fourth-order valence-corrected chi connectivity index (χ4v) is 3.20. The number of hydrogen-bond donors (Lipinski definition) is 1. The van der Waals surface area contributed by atoms with Gasteiger partial charge in [0.1, 0.15) is 16.8 Å². The molecule has 140 valence electrons. The lowest BCUT2D eigenvalue weighted by Crippen LogP contribution is -2.49. The molecule has 0 radical (unpaired) electrons. The topological polar surface area (TPSA) is 41.1 Å². The molecule has 1 N–H and O–H groups in total. The molecular formula is C18H20ClF3N4. The summed E-state index contributed by atoms with van der Waals surface area (Å²) in [5.74, 6) is 1.59.